The molecule has 10 heteroatoms. The van der Waals surface area contributed by atoms with Crippen LogP contribution in [0.15, 0.2) is 53.7 Å². The Morgan fingerprint density at radius 3 is 2.52 bits per heavy atom. The molecule has 4 nitrogen and oxygen atoms in total. The summed E-state index contributed by atoms with van der Waals surface area (Å²) in [4.78, 5) is 15.0. The van der Waals surface area contributed by atoms with Crippen LogP contribution in [0.25, 0.3) is 0 Å². The first-order chi connectivity index (χ1) is 14.5. The summed E-state index contributed by atoms with van der Waals surface area (Å²) in [5.41, 5.74) is -0.0227. The molecule has 0 radical (unpaired) electrons. The number of carbonyl (C=O) groups excluding carboxylic acids is 1. The molecule has 1 aliphatic heterocycles. The van der Waals surface area contributed by atoms with Crippen LogP contribution in [0.3, 0.4) is 0 Å². The predicted octanol–water partition coefficient (Wildman–Crippen LogP) is 6.18. The van der Waals surface area contributed by atoms with Gasteiger partial charge >= 0.3 is 6.18 Å². The molecule has 0 aliphatic carbocycles. The minimum absolute atomic E-state index is 0.205. The summed E-state index contributed by atoms with van der Waals surface area (Å²) in [5, 5.41) is 6.57. The van der Waals surface area contributed by atoms with E-state index in [4.69, 9.17) is 35.4 Å². The maximum Gasteiger partial charge on any atom is 0.418 e. The maximum absolute atomic E-state index is 13.4. The second kappa shape index (κ2) is 9.06. The molecule has 1 heterocycles. The zero-order valence-electron chi connectivity index (χ0n) is 16.5. The highest BCUT2D eigenvalue weighted by Gasteiger charge is 2.37. The average molecular weight is 488 g/mol. The number of anilines is 1. The highest BCUT2D eigenvalue weighted by molar-refractivity contribution is 7.80. The SMILES string of the molecule is CCN1C(=S)N[C@H](c2ccc(Cl)cc2Cl)C(C(=O)Nc2ccccc2C(F)(F)F)=C1C. The van der Waals surface area contributed by atoms with Gasteiger partial charge in [-0.25, -0.2) is 0 Å². The van der Waals surface area contributed by atoms with Crippen molar-refractivity contribution in [2.45, 2.75) is 26.1 Å². The fourth-order valence-corrected chi connectivity index (χ4v) is 4.36. The van der Waals surface area contributed by atoms with E-state index >= 15 is 0 Å². The summed E-state index contributed by atoms with van der Waals surface area (Å²) in [6, 6.07) is 8.83. The smallest absolute Gasteiger partial charge is 0.351 e. The van der Waals surface area contributed by atoms with Crippen molar-refractivity contribution in [1.82, 2.24) is 10.2 Å². The molecule has 3 rings (SSSR count). The van der Waals surface area contributed by atoms with Crippen LogP contribution >= 0.6 is 35.4 Å². The third kappa shape index (κ3) is 4.81. The lowest BCUT2D eigenvalue weighted by molar-refractivity contribution is -0.137. The Hall–Kier alpha value is -2.29. The number of carbonyl (C=O) groups is 1. The van der Waals surface area contributed by atoms with Crippen LogP contribution < -0.4 is 10.6 Å². The van der Waals surface area contributed by atoms with Gasteiger partial charge in [-0.05, 0) is 55.9 Å². The zero-order valence-corrected chi connectivity index (χ0v) is 18.8. The summed E-state index contributed by atoms with van der Waals surface area (Å²) >= 11 is 17.8. The van der Waals surface area contributed by atoms with Crippen molar-refractivity contribution >= 4 is 52.1 Å². The van der Waals surface area contributed by atoms with E-state index in [2.05, 4.69) is 10.6 Å². The van der Waals surface area contributed by atoms with Crippen molar-refractivity contribution in [3.05, 3.63) is 74.9 Å². The molecule has 2 aromatic rings. The van der Waals surface area contributed by atoms with Crippen molar-refractivity contribution in [2.75, 3.05) is 11.9 Å². The van der Waals surface area contributed by atoms with Gasteiger partial charge in [0, 0.05) is 22.3 Å². The van der Waals surface area contributed by atoms with Gasteiger partial charge in [0.1, 0.15) is 0 Å². The largest absolute Gasteiger partial charge is 0.418 e. The molecular weight excluding hydrogens is 470 g/mol. The number of nitrogens with zero attached hydrogens (tertiary/aromatic N) is 1. The lowest BCUT2D eigenvalue weighted by Crippen LogP contribution is -2.48. The number of alkyl halides is 3. The molecule has 1 amide bonds. The molecular formula is C21H18Cl2F3N3OS. The Morgan fingerprint density at radius 2 is 1.90 bits per heavy atom. The Bertz CT molecular complexity index is 1070. The van der Waals surface area contributed by atoms with Gasteiger partial charge in [-0.3, -0.25) is 4.79 Å². The predicted molar refractivity (Wildman–Crippen MR) is 120 cm³/mol. The molecule has 2 aromatic carbocycles. The van der Waals surface area contributed by atoms with E-state index in [9.17, 15) is 18.0 Å². The lowest BCUT2D eigenvalue weighted by Gasteiger charge is -2.37. The van der Waals surface area contributed by atoms with Crippen LogP contribution in [-0.2, 0) is 11.0 Å². The molecule has 0 spiro atoms. The van der Waals surface area contributed by atoms with Gasteiger partial charge in [0.25, 0.3) is 5.91 Å². The Balaban J connectivity index is 2.09. The standard InChI is InChI=1S/C21H18Cl2F3N3OS/c1-3-29-11(2)17(18(28-20(29)31)13-9-8-12(22)10-15(13)23)19(30)27-16-7-5-4-6-14(16)21(24,25)26/h4-10,18H,3H2,1-2H3,(H,27,30)(H,28,31)/t18-/m1/s1. The molecule has 164 valence electrons. The first-order valence-electron chi connectivity index (χ1n) is 9.26. The van der Waals surface area contributed by atoms with Gasteiger partial charge in [-0.1, -0.05) is 41.4 Å². The molecule has 0 aromatic heterocycles. The van der Waals surface area contributed by atoms with Crippen LogP contribution in [-0.4, -0.2) is 22.5 Å². The average Bonchev–Trinajstić information content (AvgIpc) is 2.67. The van der Waals surface area contributed by atoms with Gasteiger partial charge in [0.15, 0.2) is 5.11 Å². The van der Waals surface area contributed by atoms with Gasteiger partial charge in [0.2, 0.25) is 0 Å². The number of amides is 1. The molecule has 0 fully saturated rings. The molecule has 1 aliphatic rings. The van der Waals surface area contributed by atoms with Crippen molar-refractivity contribution < 1.29 is 18.0 Å². The molecule has 0 bridgehead atoms. The van der Waals surface area contributed by atoms with Crippen molar-refractivity contribution in [3.63, 3.8) is 0 Å². The monoisotopic (exact) mass is 487 g/mol. The van der Waals surface area contributed by atoms with E-state index in [1.807, 2.05) is 6.92 Å². The summed E-state index contributed by atoms with van der Waals surface area (Å²) in [5.74, 6) is -0.696. The van der Waals surface area contributed by atoms with Crippen LogP contribution in [0.5, 0.6) is 0 Å². The summed E-state index contributed by atoms with van der Waals surface area (Å²) in [6.07, 6.45) is -4.62. The minimum Gasteiger partial charge on any atom is -0.351 e. The highest BCUT2D eigenvalue weighted by Crippen LogP contribution is 2.38. The minimum atomic E-state index is -4.62. The summed E-state index contributed by atoms with van der Waals surface area (Å²) < 4.78 is 40.2. The lowest BCUT2D eigenvalue weighted by atomic mass is 9.94. The van der Waals surface area contributed by atoms with E-state index in [-0.39, 0.29) is 11.3 Å². The van der Waals surface area contributed by atoms with Crippen LogP contribution in [0, 0.1) is 0 Å². The van der Waals surface area contributed by atoms with E-state index < -0.39 is 23.7 Å². The number of rotatable bonds is 4. The molecule has 0 saturated carbocycles. The topological polar surface area (TPSA) is 44.4 Å². The third-order valence-electron chi connectivity index (χ3n) is 4.91. The summed E-state index contributed by atoms with van der Waals surface area (Å²) in [6.45, 7) is 4.01. The fraction of sp³-hybridized carbons (Fsp3) is 0.238. The van der Waals surface area contributed by atoms with Gasteiger partial charge in [0.05, 0.1) is 22.9 Å². The Labute approximate surface area is 193 Å². The number of para-hydroxylation sites is 1. The first kappa shape index (κ1) is 23.4. The number of nitrogens with one attached hydrogen (secondary N) is 2. The number of benzene rings is 2. The second-order valence-electron chi connectivity index (χ2n) is 6.79. The highest BCUT2D eigenvalue weighted by atomic mass is 35.5. The van der Waals surface area contributed by atoms with Crippen LogP contribution in [0.4, 0.5) is 18.9 Å². The molecule has 31 heavy (non-hydrogen) atoms. The number of thiocarbonyl (C=S) groups is 1. The Morgan fingerprint density at radius 1 is 1.23 bits per heavy atom. The van der Waals surface area contributed by atoms with Gasteiger partial charge in [-0.15, -0.1) is 0 Å². The molecule has 2 N–H and O–H groups in total. The van der Waals surface area contributed by atoms with E-state index in [0.29, 0.717) is 33.0 Å². The van der Waals surface area contributed by atoms with Crippen LogP contribution in [0.1, 0.15) is 31.0 Å². The van der Waals surface area contributed by atoms with Gasteiger partial charge in [-0.2, -0.15) is 13.2 Å². The van der Waals surface area contributed by atoms with E-state index in [0.717, 1.165) is 6.07 Å². The molecule has 0 unspecified atom stereocenters. The van der Waals surface area contributed by atoms with Crippen molar-refractivity contribution in [3.8, 4) is 0 Å². The normalized spacial score (nSPS) is 16.9. The number of hydrogen-bond donors (Lipinski definition) is 2. The number of allylic oxidation sites excluding steroid dienone is 1. The number of halogens is 5. The van der Waals surface area contributed by atoms with E-state index in [1.165, 1.54) is 24.3 Å². The van der Waals surface area contributed by atoms with Crippen molar-refractivity contribution in [2.24, 2.45) is 0 Å². The Kier molecular flexibility index (Phi) is 6.83. The molecule has 1 atom stereocenters. The number of hydrogen-bond acceptors (Lipinski definition) is 2. The van der Waals surface area contributed by atoms with Gasteiger partial charge < -0.3 is 15.5 Å². The van der Waals surface area contributed by atoms with Crippen molar-refractivity contribution in [1.29, 1.82) is 0 Å². The van der Waals surface area contributed by atoms with Crippen LogP contribution in [0.2, 0.25) is 10.0 Å². The third-order valence-corrected chi connectivity index (χ3v) is 5.81. The first-order valence-corrected chi connectivity index (χ1v) is 10.4. The quantitative estimate of drug-likeness (QED) is 0.505. The molecule has 0 saturated heterocycles. The fourth-order valence-electron chi connectivity index (χ4n) is 3.45. The zero-order chi connectivity index (χ0) is 22.9. The van der Waals surface area contributed by atoms with E-state index in [1.54, 1.807) is 24.0 Å². The maximum atomic E-state index is 13.4. The second-order valence-corrected chi connectivity index (χ2v) is 8.02. The summed E-state index contributed by atoms with van der Waals surface area (Å²) in [7, 11) is 0.